The van der Waals surface area contributed by atoms with Crippen molar-refractivity contribution < 1.29 is 0 Å². The zero-order valence-corrected chi connectivity index (χ0v) is 18.2. The first kappa shape index (κ1) is 21.8. The van der Waals surface area contributed by atoms with Crippen molar-refractivity contribution in [3.8, 4) is 0 Å². The van der Waals surface area contributed by atoms with Crippen molar-refractivity contribution in [3.05, 3.63) is 0 Å². The Bertz CT molecular complexity index is 401. The molecule has 2 aliphatic heterocycles. The molecule has 6 heteroatoms. The summed E-state index contributed by atoms with van der Waals surface area (Å²) in [7, 11) is 2.25. The molecule has 26 heavy (non-hydrogen) atoms. The molecule has 0 aromatic heterocycles. The van der Waals surface area contributed by atoms with Gasteiger partial charge in [-0.25, -0.2) is 0 Å². The summed E-state index contributed by atoms with van der Waals surface area (Å²) in [5.41, 5.74) is 0.272. The molecule has 2 N–H and O–H groups in total. The fourth-order valence-electron chi connectivity index (χ4n) is 4.12. The van der Waals surface area contributed by atoms with Crippen molar-refractivity contribution in [3.63, 3.8) is 0 Å². The molecule has 0 atom stereocenters. The van der Waals surface area contributed by atoms with Crippen LogP contribution in [0, 0.1) is 0 Å². The van der Waals surface area contributed by atoms with Gasteiger partial charge in [-0.15, -0.1) is 0 Å². The van der Waals surface area contributed by atoms with Crippen molar-refractivity contribution in [2.24, 2.45) is 4.99 Å². The molecular weight excluding hydrogens is 342 g/mol. The normalized spacial score (nSPS) is 22.3. The van der Waals surface area contributed by atoms with Gasteiger partial charge < -0.3 is 15.5 Å². The maximum Gasteiger partial charge on any atom is 0.191 e. The second-order valence-electron chi connectivity index (χ2n) is 7.90. The van der Waals surface area contributed by atoms with Crippen LogP contribution in [-0.4, -0.2) is 86.2 Å². The highest BCUT2D eigenvalue weighted by atomic mass is 32.2. The Morgan fingerprint density at radius 3 is 2.42 bits per heavy atom. The molecule has 2 saturated heterocycles. The van der Waals surface area contributed by atoms with E-state index in [1.807, 2.05) is 11.8 Å². The minimum absolute atomic E-state index is 0.272. The number of piperidine rings is 2. The van der Waals surface area contributed by atoms with Crippen molar-refractivity contribution in [2.45, 2.75) is 57.4 Å². The fraction of sp³-hybridized carbons (Fsp3) is 0.950. The smallest absolute Gasteiger partial charge is 0.191 e. The van der Waals surface area contributed by atoms with E-state index in [0.29, 0.717) is 0 Å². The van der Waals surface area contributed by atoms with Crippen molar-refractivity contribution in [2.75, 3.05) is 64.9 Å². The molecule has 2 heterocycles. The maximum atomic E-state index is 5.06. The number of guanidine groups is 1. The third kappa shape index (κ3) is 6.93. The summed E-state index contributed by atoms with van der Waals surface area (Å²) < 4.78 is 0. The van der Waals surface area contributed by atoms with Crippen molar-refractivity contribution in [1.29, 1.82) is 0 Å². The van der Waals surface area contributed by atoms with Gasteiger partial charge in [-0.1, -0.05) is 6.42 Å². The Morgan fingerprint density at radius 2 is 1.77 bits per heavy atom. The molecule has 2 rings (SSSR count). The minimum Gasteiger partial charge on any atom is -0.357 e. The molecule has 0 amide bonds. The number of hydrogen-bond donors (Lipinski definition) is 2. The minimum atomic E-state index is 0.272. The van der Waals surface area contributed by atoms with E-state index in [4.69, 9.17) is 4.99 Å². The van der Waals surface area contributed by atoms with Gasteiger partial charge in [0, 0.05) is 18.6 Å². The van der Waals surface area contributed by atoms with Gasteiger partial charge >= 0.3 is 0 Å². The van der Waals surface area contributed by atoms with Crippen LogP contribution in [-0.2, 0) is 0 Å². The summed E-state index contributed by atoms with van der Waals surface area (Å²) in [6.07, 6.45) is 11.3. The quantitative estimate of drug-likeness (QED) is 0.364. The first-order valence-corrected chi connectivity index (χ1v) is 12.0. The Hall–Kier alpha value is -0.460. The number of thioether (sulfide) groups is 1. The predicted molar refractivity (Wildman–Crippen MR) is 116 cm³/mol. The van der Waals surface area contributed by atoms with Gasteiger partial charge in [-0.05, 0) is 90.7 Å². The first-order valence-electron chi connectivity index (χ1n) is 10.6. The number of rotatable bonds is 9. The highest BCUT2D eigenvalue weighted by Gasteiger charge is 2.39. The van der Waals surface area contributed by atoms with Crippen LogP contribution in [0.15, 0.2) is 4.99 Å². The lowest BCUT2D eigenvalue weighted by Crippen LogP contribution is -2.58. The SMILES string of the molecule is CCNC(=NCC1(N2CCCCC2)CCN(C)CC1)NCCCCSC. The van der Waals surface area contributed by atoms with Crippen LogP contribution in [0.1, 0.15) is 51.9 Å². The van der Waals surface area contributed by atoms with E-state index in [-0.39, 0.29) is 5.54 Å². The number of likely N-dealkylation sites (tertiary alicyclic amines) is 2. The molecule has 0 aromatic rings. The fourth-order valence-corrected chi connectivity index (χ4v) is 4.62. The average Bonchev–Trinajstić information content (AvgIpc) is 2.68. The molecule has 2 fully saturated rings. The molecule has 0 spiro atoms. The maximum absolute atomic E-state index is 5.06. The van der Waals surface area contributed by atoms with Gasteiger partial charge in [0.1, 0.15) is 0 Å². The lowest BCUT2D eigenvalue weighted by atomic mass is 9.84. The van der Waals surface area contributed by atoms with Gasteiger partial charge in [0.25, 0.3) is 0 Å². The van der Waals surface area contributed by atoms with Gasteiger partial charge in [0.2, 0.25) is 0 Å². The zero-order chi connectivity index (χ0) is 18.7. The van der Waals surface area contributed by atoms with Crippen LogP contribution in [0.3, 0.4) is 0 Å². The standard InChI is InChI=1S/C20H41N5S/c1-4-21-19(22-12-6-9-17-26-3)23-18-20(10-15-24(2)16-11-20)25-13-7-5-8-14-25/h4-18H2,1-3H3,(H2,21,22,23). The van der Waals surface area contributed by atoms with Crippen LogP contribution in [0.5, 0.6) is 0 Å². The summed E-state index contributed by atoms with van der Waals surface area (Å²) in [6, 6.07) is 0. The van der Waals surface area contributed by atoms with Crippen molar-refractivity contribution in [1.82, 2.24) is 20.4 Å². The molecule has 0 unspecified atom stereocenters. The highest BCUT2D eigenvalue weighted by Crippen LogP contribution is 2.31. The van der Waals surface area contributed by atoms with E-state index in [9.17, 15) is 0 Å². The van der Waals surface area contributed by atoms with Crippen LogP contribution >= 0.6 is 11.8 Å². The number of unbranched alkanes of at least 4 members (excludes halogenated alkanes) is 1. The number of aliphatic imine (C=N–C) groups is 1. The molecule has 0 radical (unpaired) electrons. The summed E-state index contributed by atoms with van der Waals surface area (Å²) in [5, 5.41) is 7.00. The molecule has 0 saturated carbocycles. The van der Waals surface area contributed by atoms with Gasteiger partial charge in [-0.3, -0.25) is 9.89 Å². The molecule has 152 valence electrons. The Labute approximate surface area is 165 Å². The zero-order valence-electron chi connectivity index (χ0n) is 17.4. The predicted octanol–water partition coefficient (Wildman–Crippen LogP) is 2.64. The summed E-state index contributed by atoms with van der Waals surface area (Å²) in [6.45, 7) is 9.95. The van der Waals surface area contributed by atoms with Gasteiger partial charge in [-0.2, -0.15) is 11.8 Å². The number of nitrogens with one attached hydrogen (secondary N) is 2. The van der Waals surface area contributed by atoms with Gasteiger partial charge in [0.05, 0.1) is 6.54 Å². The van der Waals surface area contributed by atoms with E-state index in [1.165, 1.54) is 76.9 Å². The number of hydrogen-bond acceptors (Lipinski definition) is 4. The third-order valence-corrected chi connectivity index (χ3v) is 6.58. The molecule has 2 aliphatic rings. The van der Waals surface area contributed by atoms with Crippen LogP contribution in [0.25, 0.3) is 0 Å². The monoisotopic (exact) mass is 383 g/mol. The Balaban J connectivity index is 1.96. The van der Waals surface area contributed by atoms with E-state index in [0.717, 1.165) is 25.6 Å². The second-order valence-corrected chi connectivity index (χ2v) is 8.88. The van der Waals surface area contributed by atoms with Crippen LogP contribution < -0.4 is 10.6 Å². The van der Waals surface area contributed by atoms with E-state index >= 15 is 0 Å². The van der Waals surface area contributed by atoms with Crippen LogP contribution in [0.4, 0.5) is 0 Å². The number of nitrogens with zero attached hydrogens (tertiary/aromatic N) is 3. The summed E-state index contributed by atoms with van der Waals surface area (Å²) in [5.74, 6) is 2.26. The molecule has 0 aliphatic carbocycles. The van der Waals surface area contributed by atoms with E-state index < -0.39 is 0 Å². The largest absolute Gasteiger partial charge is 0.357 e. The Morgan fingerprint density at radius 1 is 1.04 bits per heavy atom. The van der Waals surface area contributed by atoms with E-state index in [2.05, 4.69) is 40.7 Å². The average molecular weight is 384 g/mol. The summed E-state index contributed by atoms with van der Waals surface area (Å²) in [4.78, 5) is 10.3. The first-order chi connectivity index (χ1) is 12.7. The van der Waals surface area contributed by atoms with Gasteiger partial charge in [0.15, 0.2) is 5.96 Å². The Kier molecular flexibility index (Phi) is 10.2. The lowest BCUT2D eigenvalue weighted by Gasteiger charge is -2.49. The topological polar surface area (TPSA) is 42.9 Å². The third-order valence-electron chi connectivity index (χ3n) is 5.89. The van der Waals surface area contributed by atoms with E-state index in [1.54, 1.807) is 0 Å². The lowest BCUT2D eigenvalue weighted by molar-refractivity contribution is 0.0208. The molecule has 5 nitrogen and oxygen atoms in total. The van der Waals surface area contributed by atoms with Crippen LogP contribution in [0.2, 0.25) is 0 Å². The molecule has 0 bridgehead atoms. The molecular formula is C20H41N5S. The highest BCUT2D eigenvalue weighted by molar-refractivity contribution is 7.98. The van der Waals surface area contributed by atoms with Crippen molar-refractivity contribution >= 4 is 17.7 Å². The summed E-state index contributed by atoms with van der Waals surface area (Å²) >= 11 is 1.93. The molecule has 0 aromatic carbocycles. The second kappa shape index (κ2) is 12.1.